The van der Waals surface area contributed by atoms with E-state index < -0.39 is 6.09 Å². The van der Waals surface area contributed by atoms with Crippen molar-refractivity contribution in [1.29, 1.82) is 0 Å². The largest absolute Gasteiger partial charge is 0.496 e. The minimum atomic E-state index is -0.468. The molecule has 0 unspecified atom stereocenters. The first-order valence-corrected chi connectivity index (χ1v) is 7.82. The molecule has 0 aliphatic carbocycles. The summed E-state index contributed by atoms with van der Waals surface area (Å²) in [7, 11) is 1.52. The molecule has 6 heteroatoms. The zero-order chi connectivity index (χ0) is 17.2. The number of rotatable bonds is 8. The van der Waals surface area contributed by atoms with Crippen LogP contribution in [0.25, 0.3) is 0 Å². The maximum atomic E-state index is 12.3. The Labute approximate surface area is 137 Å². The fraction of sp³-hybridized carbons (Fsp3) is 0.529. The van der Waals surface area contributed by atoms with Crippen molar-refractivity contribution in [1.82, 2.24) is 10.6 Å². The molecule has 1 aromatic carbocycles. The van der Waals surface area contributed by atoms with E-state index in [2.05, 4.69) is 24.5 Å². The molecule has 2 amide bonds. The Hall–Kier alpha value is -2.24. The normalized spacial score (nSPS) is 11.7. The van der Waals surface area contributed by atoms with Crippen molar-refractivity contribution >= 4 is 12.0 Å². The third kappa shape index (κ3) is 6.59. The zero-order valence-corrected chi connectivity index (χ0v) is 14.2. The summed E-state index contributed by atoms with van der Waals surface area (Å²) in [6.07, 6.45) is 0.273. The molecule has 6 nitrogen and oxygen atoms in total. The van der Waals surface area contributed by atoms with Crippen molar-refractivity contribution in [3.05, 3.63) is 29.8 Å². The molecule has 0 saturated carbocycles. The van der Waals surface area contributed by atoms with Crippen molar-refractivity contribution in [2.75, 3.05) is 20.3 Å². The van der Waals surface area contributed by atoms with Crippen LogP contribution in [-0.2, 0) is 4.74 Å². The Balaban J connectivity index is 2.65. The Bertz CT molecular complexity index is 517. The van der Waals surface area contributed by atoms with Gasteiger partial charge in [-0.2, -0.15) is 0 Å². The third-order valence-electron chi connectivity index (χ3n) is 3.21. The average molecular weight is 322 g/mol. The lowest BCUT2D eigenvalue weighted by molar-refractivity contribution is 0.0941. The molecule has 23 heavy (non-hydrogen) atoms. The number of hydrogen-bond acceptors (Lipinski definition) is 4. The van der Waals surface area contributed by atoms with E-state index >= 15 is 0 Å². The molecule has 0 radical (unpaired) electrons. The number of nitrogens with one attached hydrogen (secondary N) is 2. The van der Waals surface area contributed by atoms with Crippen molar-refractivity contribution in [2.24, 2.45) is 5.92 Å². The average Bonchev–Trinajstić information content (AvgIpc) is 2.51. The summed E-state index contributed by atoms with van der Waals surface area (Å²) < 4.78 is 10.1. The van der Waals surface area contributed by atoms with Gasteiger partial charge in [-0.1, -0.05) is 26.0 Å². The predicted octanol–water partition coefficient (Wildman–Crippen LogP) is 2.59. The van der Waals surface area contributed by atoms with Crippen LogP contribution in [0, 0.1) is 5.92 Å². The Kier molecular flexibility index (Phi) is 7.94. The second kappa shape index (κ2) is 9.71. The first-order valence-electron chi connectivity index (χ1n) is 7.82. The fourth-order valence-corrected chi connectivity index (χ4v) is 2.25. The maximum absolute atomic E-state index is 12.3. The number of methoxy groups -OCH3 is 1. The first-order chi connectivity index (χ1) is 11.0. The van der Waals surface area contributed by atoms with Crippen LogP contribution in [-0.4, -0.2) is 38.3 Å². The summed E-state index contributed by atoms with van der Waals surface area (Å²) >= 11 is 0. The number of alkyl carbamates (subject to hydrolysis) is 1. The predicted molar refractivity (Wildman–Crippen MR) is 88.7 cm³/mol. The number of carbonyl (C=O) groups is 2. The van der Waals surface area contributed by atoms with Gasteiger partial charge in [0.25, 0.3) is 5.91 Å². The summed E-state index contributed by atoms with van der Waals surface area (Å²) in [5.74, 6) is 0.663. The highest BCUT2D eigenvalue weighted by atomic mass is 16.5. The van der Waals surface area contributed by atoms with E-state index in [1.165, 1.54) is 7.11 Å². The van der Waals surface area contributed by atoms with Gasteiger partial charge < -0.3 is 20.1 Å². The molecule has 0 aliphatic rings. The molecule has 1 atom stereocenters. The summed E-state index contributed by atoms with van der Waals surface area (Å²) in [6, 6.07) is 6.83. The number of carbonyl (C=O) groups excluding carboxylic acids is 2. The van der Waals surface area contributed by atoms with Crippen LogP contribution >= 0.6 is 0 Å². The van der Waals surface area contributed by atoms with Crippen LogP contribution in [0.5, 0.6) is 5.75 Å². The minimum Gasteiger partial charge on any atom is -0.496 e. The molecule has 0 saturated heterocycles. The number of para-hydroxylation sites is 1. The van der Waals surface area contributed by atoms with Crippen molar-refractivity contribution in [3.8, 4) is 5.75 Å². The Morgan fingerprint density at radius 2 is 1.91 bits per heavy atom. The standard InChI is InChI=1S/C17H26N2O4/c1-5-23-17(21)19-13(10-12(2)3)11-18-16(20)14-8-6-7-9-15(14)22-4/h6-9,12-13H,5,10-11H2,1-4H3,(H,18,20)(H,19,21)/t13-/m0/s1. The fourth-order valence-electron chi connectivity index (χ4n) is 2.25. The third-order valence-corrected chi connectivity index (χ3v) is 3.21. The number of amides is 2. The van der Waals surface area contributed by atoms with Crippen LogP contribution in [0.4, 0.5) is 4.79 Å². The van der Waals surface area contributed by atoms with E-state index in [1.807, 2.05) is 0 Å². The highest BCUT2D eigenvalue weighted by molar-refractivity contribution is 5.96. The minimum absolute atomic E-state index is 0.187. The summed E-state index contributed by atoms with van der Waals surface area (Å²) in [6.45, 7) is 6.51. The van der Waals surface area contributed by atoms with Crippen LogP contribution in [0.15, 0.2) is 24.3 Å². The highest BCUT2D eigenvalue weighted by Gasteiger charge is 2.17. The lowest BCUT2D eigenvalue weighted by Crippen LogP contribution is -2.44. The molecule has 0 fully saturated rings. The summed E-state index contributed by atoms with van der Waals surface area (Å²) in [5, 5.41) is 5.61. The molecule has 1 rings (SSSR count). The smallest absolute Gasteiger partial charge is 0.407 e. The van der Waals surface area contributed by atoms with Gasteiger partial charge in [-0.05, 0) is 31.4 Å². The molecular formula is C17H26N2O4. The molecule has 0 spiro atoms. The van der Waals surface area contributed by atoms with Gasteiger partial charge in [0.15, 0.2) is 0 Å². The van der Waals surface area contributed by atoms with Crippen LogP contribution in [0.2, 0.25) is 0 Å². The number of benzene rings is 1. The highest BCUT2D eigenvalue weighted by Crippen LogP contribution is 2.16. The molecule has 0 aliphatic heterocycles. The SMILES string of the molecule is CCOC(=O)N[C@H](CNC(=O)c1ccccc1OC)CC(C)C. The van der Waals surface area contributed by atoms with Crippen LogP contribution < -0.4 is 15.4 Å². The molecule has 0 bridgehead atoms. The van der Waals surface area contributed by atoms with E-state index in [9.17, 15) is 9.59 Å². The summed E-state index contributed by atoms with van der Waals surface area (Å²) in [4.78, 5) is 23.9. The van der Waals surface area contributed by atoms with Gasteiger partial charge in [0.1, 0.15) is 5.75 Å². The van der Waals surface area contributed by atoms with Crippen molar-refractivity contribution in [3.63, 3.8) is 0 Å². The van der Waals surface area contributed by atoms with E-state index in [0.717, 1.165) is 6.42 Å². The van der Waals surface area contributed by atoms with Gasteiger partial charge in [-0.25, -0.2) is 4.79 Å². The van der Waals surface area contributed by atoms with Gasteiger partial charge in [-0.15, -0.1) is 0 Å². The van der Waals surface area contributed by atoms with Gasteiger partial charge >= 0.3 is 6.09 Å². The first kappa shape index (κ1) is 18.8. The van der Waals surface area contributed by atoms with E-state index in [4.69, 9.17) is 9.47 Å². The molecular weight excluding hydrogens is 296 g/mol. The lowest BCUT2D eigenvalue weighted by Gasteiger charge is -2.21. The zero-order valence-electron chi connectivity index (χ0n) is 14.2. The van der Waals surface area contributed by atoms with Crippen LogP contribution in [0.1, 0.15) is 37.6 Å². The molecule has 128 valence electrons. The Morgan fingerprint density at radius 1 is 1.22 bits per heavy atom. The van der Waals surface area contributed by atoms with Gasteiger partial charge in [-0.3, -0.25) is 4.79 Å². The van der Waals surface area contributed by atoms with Crippen LogP contribution in [0.3, 0.4) is 0 Å². The van der Waals surface area contributed by atoms with Gasteiger partial charge in [0, 0.05) is 12.6 Å². The number of hydrogen-bond donors (Lipinski definition) is 2. The van der Waals surface area contributed by atoms with E-state index in [-0.39, 0.29) is 11.9 Å². The van der Waals surface area contributed by atoms with Gasteiger partial charge in [0.05, 0.1) is 19.3 Å². The van der Waals surface area contributed by atoms with Gasteiger partial charge in [0.2, 0.25) is 0 Å². The van der Waals surface area contributed by atoms with E-state index in [0.29, 0.717) is 30.4 Å². The quantitative estimate of drug-likeness (QED) is 0.771. The lowest BCUT2D eigenvalue weighted by atomic mass is 10.0. The number of ether oxygens (including phenoxy) is 2. The second-order valence-electron chi connectivity index (χ2n) is 5.60. The molecule has 1 aromatic rings. The molecule has 2 N–H and O–H groups in total. The van der Waals surface area contributed by atoms with Crippen molar-refractivity contribution < 1.29 is 19.1 Å². The van der Waals surface area contributed by atoms with E-state index in [1.54, 1.807) is 31.2 Å². The molecule has 0 aromatic heterocycles. The van der Waals surface area contributed by atoms with Crippen molar-refractivity contribution in [2.45, 2.75) is 33.2 Å². The topological polar surface area (TPSA) is 76.7 Å². The maximum Gasteiger partial charge on any atom is 0.407 e. The molecule has 0 heterocycles. The summed E-state index contributed by atoms with van der Waals surface area (Å²) in [5.41, 5.74) is 0.467. The monoisotopic (exact) mass is 322 g/mol. The second-order valence-corrected chi connectivity index (χ2v) is 5.60. The Morgan fingerprint density at radius 3 is 2.52 bits per heavy atom.